The fraction of sp³-hybridized carbons (Fsp3) is 0.682. The molecule has 148 valence electrons. The van der Waals surface area contributed by atoms with E-state index in [-0.39, 0.29) is 6.03 Å². The number of benzene rings is 1. The maximum atomic E-state index is 11.7. The van der Waals surface area contributed by atoms with Crippen LogP contribution < -0.4 is 5.32 Å². The molecule has 0 saturated carbocycles. The van der Waals surface area contributed by atoms with E-state index in [0.717, 1.165) is 26.1 Å². The third kappa shape index (κ3) is 7.36. The first-order valence-electron chi connectivity index (χ1n) is 10.3. The molecule has 1 aliphatic heterocycles. The van der Waals surface area contributed by atoms with E-state index in [4.69, 9.17) is 0 Å². The van der Waals surface area contributed by atoms with E-state index in [1.54, 1.807) is 7.05 Å². The predicted molar refractivity (Wildman–Crippen MR) is 112 cm³/mol. The van der Waals surface area contributed by atoms with Crippen molar-refractivity contribution in [1.29, 1.82) is 0 Å². The second kappa shape index (κ2) is 11.9. The summed E-state index contributed by atoms with van der Waals surface area (Å²) >= 11 is 0. The third-order valence-electron chi connectivity index (χ3n) is 5.32. The maximum absolute atomic E-state index is 11.7. The van der Waals surface area contributed by atoms with E-state index >= 15 is 0 Å². The van der Waals surface area contributed by atoms with Crippen LogP contribution >= 0.6 is 0 Å². The molecule has 0 unspecified atom stereocenters. The number of piperidine rings is 1. The van der Waals surface area contributed by atoms with Crippen LogP contribution in [0.25, 0.3) is 0 Å². The van der Waals surface area contributed by atoms with Crippen molar-refractivity contribution in [3.8, 4) is 0 Å². The minimum absolute atomic E-state index is 0.0339. The number of amides is 2. The molecule has 0 radical (unpaired) electrons. The number of urea groups is 1. The zero-order valence-electron chi connectivity index (χ0n) is 17.6. The maximum Gasteiger partial charge on any atom is 0.317 e. The Hall–Kier alpha value is -1.55. The average molecular weight is 362 g/mol. The number of nitrogens with one attached hydrogen (secondary N) is 1. The third-order valence-corrected chi connectivity index (χ3v) is 5.32. The summed E-state index contributed by atoms with van der Waals surface area (Å²) in [5.41, 5.74) is 1.88. The summed E-state index contributed by atoms with van der Waals surface area (Å²) in [5.74, 6) is 0. The quantitative estimate of drug-likeness (QED) is 0.781. The highest BCUT2D eigenvalue weighted by atomic mass is 16.2. The Morgan fingerprint density at radius 1 is 1.19 bits per heavy atom. The molecule has 1 aromatic rings. The van der Waals surface area contributed by atoms with Gasteiger partial charge in [-0.25, -0.2) is 4.79 Å². The second-order valence-electron chi connectivity index (χ2n) is 7.30. The van der Waals surface area contributed by atoms with Crippen molar-refractivity contribution in [3.05, 3.63) is 35.9 Å². The summed E-state index contributed by atoms with van der Waals surface area (Å²) in [5, 5.41) is 2.71. The molecule has 4 nitrogen and oxygen atoms in total. The lowest BCUT2D eigenvalue weighted by Gasteiger charge is -2.40. The van der Waals surface area contributed by atoms with Crippen LogP contribution in [-0.2, 0) is 6.42 Å². The highest BCUT2D eigenvalue weighted by Gasteiger charge is 2.29. The molecule has 0 spiro atoms. The number of hydrogen-bond donors (Lipinski definition) is 1. The Morgan fingerprint density at radius 3 is 2.35 bits per heavy atom. The lowest BCUT2D eigenvalue weighted by Crippen LogP contribution is -2.42. The van der Waals surface area contributed by atoms with Gasteiger partial charge in [-0.3, -0.25) is 0 Å². The highest BCUT2D eigenvalue weighted by molar-refractivity contribution is 5.73. The van der Waals surface area contributed by atoms with Gasteiger partial charge in [0.15, 0.2) is 0 Å². The number of carbonyl (C=O) groups is 1. The summed E-state index contributed by atoms with van der Waals surface area (Å²) in [7, 11) is 1.70. The van der Waals surface area contributed by atoms with Gasteiger partial charge in [0.1, 0.15) is 0 Å². The Morgan fingerprint density at radius 2 is 1.81 bits per heavy atom. The van der Waals surface area contributed by atoms with Crippen LogP contribution in [0.4, 0.5) is 4.79 Å². The molecule has 1 saturated heterocycles. The van der Waals surface area contributed by atoms with Gasteiger partial charge in [0.25, 0.3) is 0 Å². The van der Waals surface area contributed by atoms with Crippen LogP contribution in [0, 0.1) is 5.41 Å². The van der Waals surface area contributed by atoms with Gasteiger partial charge in [0, 0.05) is 20.1 Å². The minimum atomic E-state index is 0.0339. The van der Waals surface area contributed by atoms with Gasteiger partial charge >= 0.3 is 6.03 Å². The standard InChI is InChI=1S/C20H33N3O.C2H6/c1-4-23(19(24)21-3)14-8-13-22-15-11-20(2,12-16-22)17-18-9-6-5-7-10-18;1-2/h5-7,9-10H,4,8,11-17H2,1-3H3,(H,21,24);1-2H3. The van der Waals surface area contributed by atoms with Crippen LogP contribution in [-0.4, -0.2) is 55.6 Å². The first-order valence-corrected chi connectivity index (χ1v) is 10.3. The van der Waals surface area contributed by atoms with Crippen molar-refractivity contribution in [3.63, 3.8) is 0 Å². The van der Waals surface area contributed by atoms with Crippen LogP contribution in [0.1, 0.15) is 52.5 Å². The summed E-state index contributed by atoms with van der Waals surface area (Å²) in [6, 6.07) is 10.9. The number of carbonyl (C=O) groups excluding carboxylic acids is 1. The second-order valence-corrected chi connectivity index (χ2v) is 7.30. The van der Waals surface area contributed by atoms with Crippen molar-refractivity contribution >= 4 is 6.03 Å². The lowest BCUT2D eigenvalue weighted by molar-refractivity contribution is 0.114. The fourth-order valence-corrected chi connectivity index (χ4v) is 3.63. The monoisotopic (exact) mass is 361 g/mol. The van der Waals surface area contributed by atoms with E-state index in [1.165, 1.54) is 37.9 Å². The summed E-state index contributed by atoms with van der Waals surface area (Å²) in [6.45, 7) is 13.5. The van der Waals surface area contributed by atoms with Gasteiger partial charge in [-0.1, -0.05) is 51.1 Å². The average Bonchev–Trinajstić information content (AvgIpc) is 2.68. The van der Waals surface area contributed by atoms with E-state index in [2.05, 4.69) is 47.5 Å². The van der Waals surface area contributed by atoms with Crippen LogP contribution in [0.2, 0.25) is 0 Å². The molecule has 4 heteroatoms. The minimum Gasteiger partial charge on any atom is -0.341 e. The molecule has 0 aliphatic carbocycles. The predicted octanol–water partition coefficient (Wildman–Crippen LogP) is 4.41. The van der Waals surface area contributed by atoms with Gasteiger partial charge in [-0.05, 0) is 63.2 Å². The number of rotatable bonds is 7. The smallest absolute Gasteiger partial charge is 0.317 e. The SMILES string of the molecule is CC.CCN(CCCN1CCC(C)(Cc2ccccc2)CC1)C(=O)NC. The molecule has 26 heavy (non-hydrogen) atoms. The molecule has 0 bridgehead atoms. The largest absolute Gasteiger partial charge is 0.341 e. The molecule has 1 aliphatic rings. The van der Waals surface area contributed by atoms with Gasteiger partial charge < -0.3 is 15.1 Å². The Balaban J connectivity index is 0.00000163. The first-order chi connectivity index (χ1) is 12.6. The van der Waals surface area contributed by atoms with Gasteiger partial charge in [-0.2, -0.15) is 0 Å². The van der Waals surface area contributed by atoms with E-state index in [9.17, 15) is 4.79 Å². The molecule has 0 aromatic heterocycles. The molecular formula is C22H39N3O. The van der Waals surface area contributed by atoms with Gasteiger partial charge in [-0.15, -0.1) is 0 Å². The summed E-state index contributed by atoms with van der Waals surface area (Å²) in [6.07, 6.45) is 4.75. The highest BCUT2D eigenvalue weighted by Crippen LogP contribution is 2.34. The number of likely N-dealkylation sites (tertiary alicyclic amines) is 1. The van der Waals surface area contributed by atoms with Crippen molar-refractivity contribution in [2.24, 2.45) is 5.41 Å². The number of nitrogens with zero attached hydrogens (tertiary/aromatic N) is 2. The molecule has 1 fully saturated rings. The summed E-state index contributed by atoms with van der Waals surface area (Å²) in [4.78, 5) is 16.1. The first kappa shape index (κ1) is 22.5. The van der Waals surface area contributed by atoms with E-state index in [0.29, 0.717) is 5.41 Å². The Bertz CT molecular complexity index is 495. The fourth-order valence-electron chi connectivity index (χ4n) is 3.63. The van der Waals surface area contributed by atoms with Crippen LogP contribution in [0.3, 0.4) is 0 Å². The summed E-state index contributed by atoms with van der Waals surface area (Å²) < 4.78 is 0. The van der Waals surface area contributed by atoms with Crippen LogP contribution in [0.5, 0.6) is 0 Å². The Kier molecular flexibility index (Phi) is 10.3. The molecular weight excluding hydrogens is 322 g/mol. The van der Waals surface area contributed by atoms with Gasteiger partial charge in [0.2, 0.25) is 0 Å². The van der Waals surface area contributed by atoms with Crippen molar-refractivity contribution < 1.29 is 4.79 Å². The molecule has 1 N–H and O–H groups in total. The zero-order chi connectivity index (χ0) is 19.4. The molecule has 2 amide bonds. The van der Waals surface area contributed by atoms with E-state index in [1.807, 2.05) is 25.7 Å². The van der Waals surface area contributed by atoms with Crippen LogP contribution in [0.15, 0.2) is 30.3 Å². The Labute approximate surface area is 161 Å². The molecule has 2 rings (SSSR count). The molecule has 1 aromatic carbocycles. The number of hydrogen-bond acceptors (Lipinski definition) is 2. The topological polar surface area (TPSA) is 35.6 Å². The lowest BCUT2D eigenvalue weighted by atomic mass is 9.75. The van der Waals surface area contributed by atoms with Gasteiger partial charge in [0.05, 0.1) is 0 Å². The molecule has 0 atom stereocenters. The normalized spacial score (nSPS) is 16.3. The van der Waals surface area contributed by atoms with E-state index < -0.39 is 0 Å². The van der Waals surface area contributed by atoms with Crippen molar-refractivity contribution in [1.82, 2.24) is 15.1 Å². The zero-order valence-corrected chi connectivity index (χ0v) is 17.6. The van der Waals surface area contributed by atoms with Crippen molar-refractivity contribution in [2.45, 2.75) is 53.4 Å². The van der Waals surface area contributed by atoms with Crippen molar-refractivity contribution in [2.75, 3.05) is 39.8 Å². The molecule has 1 heterocycles.